The van der Waals surface area contributed by atoms with Gasteiger partial charge in [0, 0.05) is 21.5 Å². The highest BCUT2D eigenvalue weighted by Crippen LogP contribution is 2.29. The highest BCUT2D eigenvalue weighted by atomic mass is 79.9. The summed E-state index contributed by atoms with van der Waals surface area (Å²) < 4.78 is 15.5. The van der Waals surface area contributed by atoms with E-state index in [0.29, 0.717) is 22.1 Å². The molecule has 0 aliphatic rings. The van der Waals surface area contributed by atoms with Crippen LogP contribution in [-0.2, 0) is 11.3 Å². The molecule has 0 saturated carbocycles. The quantitative estimate of drug-likeness (QED) is 0.340. The molecule has 1 aromatic heterocycles. The SMILES string of the molecule is COC(=O)Oc1cc(CN=Cc2c(O)[nH]c(=O)c3ccc(Br)cc23)ccc1OC. The van der Waals surface area contributed by atoms with Crippen LogP contribution < -0.4 is 15.0 Å². The van der Waals surface area contributed by atoms with Gasteiger partial charge in [-0.15, -0.1) is 0 Å². The van der Waals surface area contributed by atoms with E-state index in [2.05, 4.69) is 30.6 Å². The lowest BCUT2D eigenvalue weighted by Crippen LogP contribution is -2.08. The number of halogens is 1. The molecular formula is C20H17BrN2O6. The Morgan fingerprint density at radius 3 is 2.69 bits per heavy atom. The van der Waals surface area contributed by atoms with Gasteiger partial charge in [-0.25, -0.2) is 4.79 Å². The van der Waals surface area contributed by atoms with Crippen LogP contribution in [0.1, 0.15) is 11.1 Å². The van der Waals surface area contributed by atoms with Crippen LogP contribution in [0.4, 0.5) is 4.79 Å². The number of pyridine rings is 1. The van der Waals surface area contributed by atoms with Gasteiger partial charge in [-0.2, -0.15) is 0 Å². The normalized spacial score (nSPS) is 11.0. The minimum Gasteiger partial charge on any atom is -0.494 e. The maximum atomic E-state index is 12.0. The van der Waals surface area contributed by atoms with E-state index in [4.69, 9.17) is 9.47 Å². The van der Waals surface area contributed by atoms with E-state index in [1.54, 1.807) is 36.4 Å². The Kier molecular flexibility index (Phi) is 6.18. The van der Waals surface area contributed by atoms with Crippen LogP contribution in [0.5, 0.6) is 17.4 Å². The molecular weight excluding hydrogens is 444 g/mol. The number of aromatic hydroxyl groups is 1. The molecule has 0 spiro atoms. The number of nitrogens with zero attached hydrogens (tertiary/aromatic N) is 1. The molecule has 0 fully saturated rings. The van der Waals surface area contributed by atoms with Gasteiger partial charge in [0.25, 0.3) is 5.56 Å². The van der Waals surface area contributed by atoms with Crippen LogP contribution in [0.15, 0.2) is 50.7 Å². The third-order valence-corrected chi connectivity index (χ3v) is 4.58. The number of aromatic nitrogens is 1. The summed E-state index contributed by atoms with van der Waals surface area (Å²) in [6.45, 7) is 0.232. The van der Waals surface area contributed by atoms with Gasteiger partial charge in [0.1, 0.15) is 0 Å². The van der Waals surface area contributed by atoms with Crippen molar-refractivity contribution in [1.29, 1.82) is 0 Å². The molecule has 0 unspecified atom stereocenters. The predicted octanol–water partition coefficient (Wildman–Crippen LogP) is 3.77. The van der Waals surface area contributed by atoms with E-state index in [-0.39, 0.29) is 23.7 Å². The maximum absolute atomic E-state index is 12.0. The van der Waals surface area contributed by atoms with Crippen LogP contribution in [0.3, 0.4) is 0 Å². The second-order valence-electron chi connectivity index (χ2n) is 5.92. The third kappa shape index (κ3) is 4.57. The van der Waals surface area contributed by atoms with Crippen molar-refractivity contribution in [3.05, 3.63) is 62.4 Å². The Morgan fingerprint density at radius 2 is 1.97 bits per heavy atom. The summed E-state index contributed by atoms with van der Waals surface area (Å²) in [5.41, 5.74) is 0.734. The highest BCUT2D eigenvalue weighted by molar-refractivity contribution is 9.10. The summed E-state index contributed by atoms with van der Waals surface area (Å²) in [6.07, 6.45) is 0.615. The minimum absolute atomic E-state index is 0.202. The number of carbonyl (C=O) groups is 1. The number of fused-ring (bicyclic) bond motifs is 1. The summed E-state index contributed by atoms with van der Waals surface area (Å²) in [5, 5.41) is 11.2. The first kappa shape index (κ1) is 20.4. The number of ether oxygens (including phenoxy) is 3. The lowest BCUT2D eigenvalue weighted by Gasteiger charge is -2.09. The predicted molar refractivity (Wildman–Crippen MR) is 111 cm³/mol. The molecule has 0 aliphatic carbocycles. The van der Waals surface area contributed by atoms with E-state index in [9.17, 15) is 14.7 Å². The van der Waals surface area contributed by atoms with Crippen molar-refractivity contribution < 1.29 is 24.1 Å². The van der Waals surface area contributed by atoms with Crippen molar-refractivity contribution >= 4 is 39.1 Å². The van der Waals surface area contributed by atoms with Crippen molar-refractivity contribution in [3.8, 4) is 17.4 Å². The minimum atomic E-state index is -0.862. The first-order valence-corrected chi connectivity index (χ1v) is 9.19. The van der Waals surface area contributed by atoms with Crippen LogP contribution in [-0.4, -0.2) is 36.7 Å². The number of aromatic amines is 1. The van der Waals surface area contributed by atoms with Gasteiger partial charge in [-0.05, 0) is 35.9 Å². The Bertz CT molecular complexity index is 1160. The fraction of sp³-hybridized carbons (Fsp3) is 0.150. The molecule has 0 radical (unpaired) electrons. The zero-order valence-corrected chi connectivity index (χ0v) is 17.1. The average molecular weight is 461 g/mol. The number of rotatable bonds is 5. The molecule has 0 bridgehead atoms. The number of H-pyrrole nitrogens is 1. The van der Waals surface area contributed by atoms with Crippen molar-refractivity contribution in [2.75, 3.05) is 14.2 Å². The molecule has 3 aromatic rings. The third-order valence-electron chi connectivity index (χ3n) is 4.09. The number of carbonyl (C=O) groups excluding carboxylic acids is 1. The summed E-state index contributed by atoms with van der Waals surface area (Å²) >= 11 is 3.37. The molecule has 0 saturated heterocycles. The Labute approximate surface area is 173 Å². The van der Waals surface area contributed by atoms with E-state index < -0.39 is 6.16 Å². The molecule has 2 aromatic carbocycles. The van der Waals surface area contributed by atoms with Crippen molar-refractivity contribution in [2.24, 2.45) is 4.99 Å². The molecule has 29 heavy (non-hydrogen) atoms. The standard InChI is InChI=1S/C20H17BrN2O6/c1-27-16-6-3-11(7-17(16)29-20(26)28-2)9-22-10-15-14-8-12(21)4-5-13(14)18(24)23-19(15)25/h3-8,10H,9H2,1-2H3,(H2,23,24,25). The fourth-order valence-electron chi connectivity index (χ4n) is 2.71. The van der Waals surface area contributed by atoms with Gasteiger partial charge in [-0.3, -0.25) is 14.8 Å². The number of aliphatic imine (C=N–C) groups is 1. The molecule has 150 valence electrons. The van der Waals surface area contributed by atoms with Gasteiger partial charge >= 0.3 is 6.16 Å². The molecule has 9 heteroatoms. The highest BCUT2D eigenvalue weighted by Gasteiger charge is 2.12. The monoisotopic (exact) mass is 460 g/mol. The van der Waals surface area contributed by atoms with E-state index in [1.165, 1.54) is 20.4 Å². The number of methoxy groups -OCH3 is 2. The molecule has 2 N–H and O–H groups in total. The lowest BCUT2D eigenvalue weighted by atomic mass is 10.1. The van der Waals surface area contributed by atoms with Gasteiger partial charge in [0.15, 0.2) is 11.5 Å². The van der Waals surface area contributed by atoms with Gasteiger partial charge in [0.05, 0.1) is 26.3 Å². The van der Waals surface area contributed by atoms with Gasteiger partial charge < -0.3 is 19.3 Å². The van der Waals surface area contributed by atoms with Crippen LogP contribution in [0, 0.1) is 0 Å². The smallest absolute Gasteiger partial charge is 0.494 e. The lowest BCUT2D eigenvalue weighted by molar-refractivity contribution is 0.120. The first-order chi connectivity index (χ1) is 13.9. The van der Waals surface area contributed by atoms with E-state index >= 15 is 0 Å². The molecule has 0 atom stereocenters. The summed E-state index contributed by atoms with van der Waals surface area (Å²) in [4.78, 5) is 30.2. The largest absolute Gasteiger partial charge is 0.513 e. The topological polar surface area (TPSA) is 110 Å². The Balaban J connectivity index is 1.90. The van der Waals surface area contributed by atoms with E-state index in [0.717, 1.165) is 10.0 Å². The van der Waals surface area contributed by atoms with E-state index in [1.807, 2.05) is 0 Å². The van der Waals surface area contributed by atoms with Gasteiger partial charge in [0.2, 0.25) is 5.88 Å². The molecule has 3 rings (SSSR count). The molecule has 8 nitrogen and oxygen atoms in total. The summed E-state index contributed by atoms with van der Waals surface area (Å²) in [5.74, 6) is 0.305. The first-order valence-electron chi connectivity index (χ1n) is 8.40. The second kappa shape index (κ2) is 8.78. The fourth-order valence-corrected chi connectivity index (χ4v) is 3.07. The van der Waals surface area contributed by atoms with Crippen LogP contribution >= 0.6 is 15.9 Å². The average Bonchev–Trinajstić information content (AvgIpc) is 2.70. The number of nitrogens with one attached hydrogen (secondary N) is 1. The molecule has 0 amide bonds. The summed E-state index contributed by atoms with van der Waals surface area (Å²) in [6, 6.07) is 10.2. The van der Waals surface area contributed by atoms with Crippen molar-refractivity contribution in [1.82, 2.24) is 4.98 Å². The number of hydrogen-bond acceptors (Lipinski definition) is 7. The van der Waals surface area contributed by atoms with Gasteiger partial charge in [-0.1, -0.05) is 22.0 Å². The zero-order valence-electron chi connectivity index (χ0n) is 15.6. The second-order valence-corrected chi connectivity index (χ2v) is 6.83. The Morgan fingerprint density at radius 1 is 1.17 bits per heavy atom. The number of benzene rings is 2. The van der Waals surface area contributed by atoms with Crippen LogP contribution in [0.2, 0.25) is 0 Å². The molecule has 0 aliphatic heterocycles. The summed E-state index contributed by atoms with van der Waals surface area (Å²) in [7, 11) is 2.67. The van der Waals surface area contributed by atoms with Crippen molar-refractivity contribution in [2.45, 2.75) is 6.54 Å². The zero-order chi connectivity index (χ0) is 21.0. The maximum Gasteiger partial charge on any atom is 0.513 e. The number of hydrogen-bond donors (Lipinski definition) is 2. The van der Waals surface area contributed by atoms with Crippen LogP contribution in [0.25, 0.3) is 10.8 Å². The Hall–Kier alpha value is -3.33. The molecule has 1 heterocycles. The van der Waals surface area contributed by atoms with Crippen molar-refractivity contribution in [3.63, 3.8) is 0 Å².